The summed E-state index contributed by atoms with van der Waals surface area (Å²) >= 11 is 5.78. The van der Waals surface area contributed by atoms with Crippen LogP contribution in [0.1, 0.15) is 5.56 Å². The fourth-order valence-electron chi connectivity index (χ4n) is 1.51. The number of alkyl halides is 4. The maximum Gasteiger partial charge on any atom is 0.441 e. The van der Waals surface area contributed by atoms with Crippen molar-refractivity contribution in [3.8, 4) is 0 Å². The van der Waals surface area contributed by atoms with E-state index in [1.807, 2.05) is 30.3 Å². The third kappa shape index (κ3) is 7.13. The molecule has 0 saturated carbocycles. The van der Waals surface area contributed by atoms with Gasteiger partial charge in [0, 0.05) is 24.2 Å². The molecule has 0 fully saturated rings. The van der Waals surface area contributed by atoms with Crippen molar-refractivity contribution in [3.05, 3.63) is 35.9 Å². The number of nitrogens with one attached hydrogen (secondary N) is 1. The molecule has 1 rings (SSSR count). The topological polar surface area (TPSA) is 12.0 Å². The van der Waals surface area contributed by atoms with Crippen LogP contribution >= 0.6 is 23.4 Å². The van der Waals surface area contributed by atoms with Gasteiger partial charge in [0.25, 0.3) is 0 Å². The fraction of sp³-hybridized carbons (Fsp3) is 0.500. The van der Waals surface area contributed by atoms with Crippen molar-refractivity contribution >= 4 is 23.4 Å². The maximum atomic E-state index is 11.9. The summed E-state index contributed by atoms with van der Waals surface area (Å²) in [5.41, 5.74) is -3.03. The van der Waals surface area contributed by atoms with Crippen molar-refractivity contribution in [1.29, 1.82) is 0 Å². The minimum Gasteiger partial charge on any atom is -0.312 e. The Morgan fingerprint density at radius 1 is 1.22 bits per heavy atom. The highest BCUT2D eigenvalue weighted by Gasteiger charge is 2.27. The molecule has 0 aliphatic carbocycles. The monoisotopic (exact) mass is 297 g/mol. The van der Waals surface area contributed by atoms with Gasteiger partial charge in [-0.25, -0.2) is 0 Å². The van der Waals surface area contributed by atoms with Crippen LogP contribution in [0.3, 0.4) is 0 Å². The molecule has 18 heavy (non-hydrogen) atoms. The number of rotatable bonds is 7. The molecule has 0 amide bonds. The molecular formula is C12H15ClF3NS. The maximum absolute atomic E-state index is 11.9. The van der Waals surface area contributed by atoms with Crippen LogP contribution in [0.25, 0.3) is 0 Å². The van der Waals surface area contributed by atoms with Gasteiger partial charge in [0.2, 0.25) is 0 Å². The molecule has 1 unspecified atom stereocenters. The average Bonchev–Trinajstić information content (AvgIpc) is 2.33. The Morgan fingerprint density at radius 2 is 1.89 bits per heavy atom. The molecule has 102 valence electrons. The number of benzene rings is 1. The first-order valence-corrected chi connectivity index (χ1v) is 7.07. The van der Waals surface area contributed by atoms with Gasteiger partial charge in [0.15, 0.2) is 0 Å². The van der Waals surface area contributed by atoms with Gasteiger partial charge < -0.3 is 5.32 Å². The van der Waals surface area contributed by atoms with Crippen molar-refractivity contribution in [2.24, 2.45) is 0 Å². The smallest absolute Gasteiger partial charge is 0.312 e. The van der Waals surface area contributed by atoms with E-state index >= 15 is 0 Å². The zero-order chi connectivity index (χ0) is 13.4. The second-order valence-corrected chi connectivity index (χ2v) is 5.26. The first kappa shape index (κ1) is 15.7. The molecule has 1 aromatic rings. The highest BCUT2D eigenvalue weighted by atomic mass is 35.5. The molecule has 0 spiro atoms. The quantitative estimate of drug-likeness (QED) is 0.609. The van der Waals surface area contributed by atoms with E-state index in [-0.39, 0.29) is 23.6 Å². The number of hydrogen-bond acceptors (Lipinski definition) is 2. The summed E-state index contributed by atoms with van der Waals surface area (Å²) in [6.07, 6.45) is 0.723. The van der Waals surface area contributed by atoms with E-state index in [2.05, 4.69) is 5.32 Å². The Labute approximate surface area is 114 Å². The van der Waals surface area contributed by atoms with Crippen molar-refractivity contribution in [2.75, 3.05) is 18.2 Å². The molecule has 0 aromatic heterocycles. The van der Waals surface area contributed by atoms with Gasteiger partial charge in [0.05, 0.1) is 0 Å². The van der Waals surface area contributed by atoms with Gasteiger partial charge in [-0.15, -0.1) is 11.6 Å². The van der Waals surface area contributed by atoms with Crippen molar-refractivity contribution in [1.82, 2.24) is 5.32 Å². The Balaban J connectivity index is 2.26. The van der Waals surface area contributed by atoms with E-state index in [4.69, 9.17) is 11.6 Å². The minimum absolute atomic E-state index is 0.00269. The molecule has 1 aromatic carbocycles. The molecule has 0 heterocycles. The van der Waals surface area contributed by atoms with Crippen LogP contribution in [-0.2, 0) is 6.42 Å². The second kappa shape index (κ2) is 7.92. The summed E-state index contributed by atoms with van der Waals surface area (Å²) < 4.78 is 35.8. The van der Waals surface area contributed by atoms with E-state index in [1.54, 1.807) is 0 Å². The predicted molar refractivity (Wildman–Crippen MR) is 71.2 cm³/mol. The Hall–Kier alpha value is -0.390. The summed E-state index contributed by atoms with van der Waals surface area (Å²) in [4.78, 5) is 0. The second-order valence-electron chi connectivity index (χ2n) is 3.79. The summed E-state index contributed by atoms with van der Waals surface area (Å²) in [6, 6.07) is 9.74. The molecule has 0 aliphatic rings. The van der Waals surface area contributed by atoms with Gasteiger partial charge in [-0.1, -0.05) is 30.3 Å². The van der Waals surface area contributed by atoms with Crippen LogP contribution in [0, 0.1) is 0 Å². The van der Waals surface area contributed by atoms with Crippen LogP contribution in [0.2, 0.25) is 0 Å². The summed E-state index contributed by atoms with van der Waals surface area (Å²) in [5, 5.41) is 3.04. The van der Waals surface area contributed by atoms with E-state index in [9.17, 15) is 13.2 Å². The molecule has 1 nitrogen and oxygen atoms in total. The Kier molecular flexibility index (Phi) is 6.89. The molecule has 0 aliphatic heterocycles. The molecule has 1 N–H and O–H groups in total. The van der Waals surface area contributed by atoms with Gasteiger partial charge >= 0.3 is 5.51 Å². The highest BCUT2D eigenvalue weighted by Crippen LogP contribution is 2.29. The number of halogens is 4. The van der Waals surface area contributed by atoms with Gasteiger partial charge in [0.1, 0.15) is 0 Å². The first-order chi connectivity index (χ1) is 8.51. The van der Waals surface area contributed by atoms with Gasteiger partial charge in [-0.3, -0.25) is 0 Å². The summed E-state index contributed by atoms with van der Waals surface area (Å²) in [5.74, 6) is 0.386. The van der Waals surface area contributed by atoms with Crippen LogP contribution in [0.15, 0.2) is 30.3 Å². The van der Waals surface area contributed by atoms with Crippen molar-refractivity contribution < 1.29 is 13.2 Å². The molecule has 6 heteroatoms. The highest BCUT2D eigenvalue weighted by molar-refractivity contribution is 8.00. The van der Waals surface area contributed by atoms with E-state index in [1.165, 1.54) is 0 Å². The molecule has 0 bridgehead atoms. The van der Waals surface area contributed by atoms with E-state index in [0.717, 1.165) is 12.0 Å². The summed E-state index contributed by atoms with van der Waals surface area (Å²) in [7, 11) is 0. The lowest BCUT2D eigenvalue weighted by Gasteiger charge is -2.16. The molecule has 0 saturated heterocycles. The molecule has 0 radical (unpaired) electrons. The lowest BCUT2D eigenvalue weighted by atomic mass is 10.1. The van der Waals surface area contributed by atoms with Crippen molar-refractivity contribution in [2.45, 2.75) is 18.0 Å². The first-order valence-electron chi connectivity index (χ1n) is 5.55. The lowest BCUT2D eigenvalue weighted by Crippen LogP contribution is -2.34. The zero-order valence-corrected chi connectivity index (χ0v) is 11.3. The Morgan fingerprint density at radius 3 is 2.44 bits per heavy atom. The lowest BCUT2D eigenvalue weighted by molar-refractivity contribution is -0.0327. The van der Waals surface area contributed by atoms with Crippen molar-refractivity contribution in [3.63, 3.8) is 0 Å². The van der Waals surface area contributed by atoms with Crippen LogP contribution in [0.4, 0.5) is 13.2 Å². The average molecular weight is 298 g/mol. The SMILES string of the molecule is FC(F)(F)SCCNC(CCl)Cc1ccccc1. The fourth-order valence-corrected chi connectivity index (χ4v) is 2.18. The van der Waals surface area contributed by atoms with Gasteiger partial charge in [-0.2, -0.15) is 13.2 Å². The third-order valence-corrected chi connectivity index (χ3v) is 3.42. The predicted octanol–water partition coefficient (Wildman–Crippen LogP) is 3.68. The standard InChI is InChI=1S/C12H15ClF3NS/c13-9-11(8-10-4-2-1-3-5-10)17-6-7-18-12(14,15)16/h1-5,11,17H,6-9H2. The van der Waals surface area contributed by atoms with E-state index < -0.39 is 5.51 Å². The molecular weight excluding hydrogens is 283 g/mol. The Bertz CT molecular complexity index is 332. The third-order valence-electron chi connectivity index (χ3n) is 2.31. The number of thioether (sulfide) groups is 1. The molecule has 1 atom stereocenters. The van der Waals surface area contributed by atoms with Gasteiger partial charge in [-0.05, 0) is 23.7 Å². The van der Waals surface area contributed by atoms with Crippen LogP contribution in [-0.4, -0.2) is 29.7 Å². The van der Waals surface area contributed by atoms with Crippen LogP contribution in [0.5, 0.6) is 0 Å². The van der Waals surface area contributed by atoms with Crippen LogP contribution < -0.4 is 5.32 Å². The van der Waals surface area contributed by atoms with E-state index in [0.29, 0.717) is 12.4 Å². The largest absolute Gasteiger partial charge is 0.441 e. The normalized spacial score (nSPS) is 13.6. The number of hydrogen-bond donors (Lipinski definition) is 1. The zero-order valence-electron chi connectivity index (χ0n) is 9.71. The minimum atomic E-state index is -4.16. The summed E-state index contributed by atoms with van der Waals surface area (Å²) in [6.45, 7) is 0.300.